The van der Waals surface area contributed by atoms with Gasteiger partial charge in [-0.1, -0.05) is 43.0 Å². The van der Waals surface area contributed by atoms with Crippen molar-refractivity contribution in [2.45, 2.75) is 63.7 Å². The van der Waals surface area contributed by atoms with Crippen molar-refractivity contribution in [1.82, 2.24) is 25.4 Å². The molecule has 3 heterocycles. The quantitative estimate of drug-likeness (QED) is 0.109. The molecule has 1 aliphatic carbocycles. The molecule has 3 aliphatic rings. The van der Waals surface area contributed by atoms with Gasteiger partial charge in [-0.3, -0.25) is 28.9 Å². The number of imide groups is 1. The number of nitrogens with zero attached hydrogens (tertiary/aromatic N) is 3. The van der Waals surface area contributed by atoms with Gasteiger partial charge in [-0.25, -0.2) is 4.98 Å². The number of amides is 5. The SMILES string of the molecule is C=C1CCC(N2C(=O)c3ccc(OCCOCCOCCN(C)C(=O)Cc4cccc(CNC(=O)c5cc(/C=C/C6CCC(C(F)(F)F)CC6)c(OC)cn5)c4)cc3C2=O)C(=O)N1. The Kier molecular flexibility index (Phi) is 15.7. The Bertz CT molecular complexity index is 2210. The number of aromatic nitrogens is 1. The summed E-state index contributed by atoms with van der Waals surface area (Å²) < 4.78 is 61.6. The topological polar surface area (TPSA) is 166 Å². The molecule has 6 rings (SSSR count). The van der Waals surface area contributed by atoms with Crippen molar-refractivity contribution in [3.05, 3.63) is 107 Å². The van der Waals surface area contributed by atoms with Crippen LogP contribution in [0.25, 0.3) is 6.08 Å². The van der Waals surface area contributed by atoms with Gasteiger partial charge in [0.05, 0.1) is 63.2 Å². The number of hydrogen-bond donors (Lipinski definition) is 2. The molecule has 5 amide bonds. The minimum Gasteiger partial charge on any atom is -0.495 e. The van der Waals surface area contributed by atoms with Crippen LogP contribution < -0.4 is 20.1 Å². The number of nitrogens with one attached hydrogen (secondary N) is 2. The van der Waals surface area contributed by atoms with Crippen molar-refractivity contribution in [1.29, 1.82) is 0 Å². The first kappa shape index (κ1) is 46.4. The Morgan fingerprint density at radius 1 is 0.937 bits per heavy atom. The Hall–Kier alpha value is -6.07. The van der Waals surface area contributed by atoms with E-state index in [4.69, 9.17) is 18.9 Å². The second-order valence-corrected chi connectivity index (χ2v) is 15.7. The van der Waals surface area contributed by atoms with Crippen molar-refractivity contribution in [3.63, 3.8) is 0 Å². The van der Waals surface area contributed by atoms with Gasteiger partial charge in [0.15, 0.2) is 0 Å². The first-order valence-corrected chi connectivity index (χ1v) is 20.9. The van der Waals surface area contributed by atoms with Crippen molar-refractivity contribution in [2.75, 3.05) is 53.7 Å². The molecular formula is C46H52F3N5O9. The highest BCUT2D eigenvalue weighted by Gasteiger charge is 2.44. The van der Waals surface area contributed by atoms with Gasteiger partial charge in [-0.05, 0) is 79.8 Å². The molecule has 1 saturated carbocycles. The number of methoxy groups -OCH3 is 1. The second kappa shape index (κ2) is 21.3. The zero-order chi connectivity index (χ0) is 45.1. The summed E-state index contributed by atoms with van der Waals surface area (Å²) in [6.45, 7) is 5.60. The maximum absolute atomic E-state index is 13.1. The van der Waals surface area contributed by atoms with Gasteiger partial charge in [0.2, 0.25) is 11.8 Å². The van der Waals surface area contributed by atoms with Crippen LogP contribution in [-0.2, 0) is 32.0 Å². The zero-order valence-corrected chi connectivity index (χ0v) is 35.3. The number of benzene rings is 2. The molecule has 0 spiro atoms. The number of piperidine rings is 1. The van der Waals surface area contributed by atoms with Crippen LogP contribution in [-0.4, -0.2) is 110 Å². The standard InChI is InChI=1S/C46H52F3N5O9/c1-29-7-16-39(43(57)52-29)54-44(58)36-15-14-35(26-37(36)45(54)59)63-22-21-62-20-19-61-18-17-53(2)41(55)24-31-5-4-6-32(23-31)27-51-42(56)38-25-33(40(60-3)28-50-38)11-8-30-9-12-34(13-10-30)46(47,48)49/h4-6,8,11,14-15,23,25-26,28,30,34,39H,1,7,9-10,12-13,16-22,24,27H2,2-3H3,(H,51,56)(H,52,57)/b11-8+. The number of ether oxygens (including phenoxy) is 4. The maximum atomic E-state index is 13.1. The lowest BCUT2D eigenvalue weighted by Crippen LogP contribution is -2.51. The number of fused-ring (bicyclic) bond motifs is 1. The molecule has 336 valence electrons. The molecule has 2 fully saturated rings. The number of alkyl halides is 3. The summed E-state index contributed by atoms with van der Waals surface area (Å²) in [6.07, 6.45) is 2.95. The number of rotatable bonds is 19. The average Bonchev–Trinajstić information content (AvgIpc) is 3.51. The van der Waals surface area contributed by atoms with E-state index in [1.54, 1.807) is 30.2 Å². The fourth-order valence-electron chi connectivity index (χ4n) is 7.68. The van der Waals surface area contributed by atoms with Crippen LogP contribution in [0.3, 0.4) is 0 Å². The third-order valence-corrected chi connectivity index (χ3v) is 11.3. The van der Waals surface area contributed by atoms with Crippen LogP contribution in [0.4, 0.5) is 13.2 Å². The van der Waals surface area contributed by atoms with Gasteiger partial charge in [0, 0.05) is 31.4 Å². The summed E-state index contributed by atoms with van der Waals surface area (Å²) in [5, 5.41) is 5.47. The van der Waals surface area contributed by atoms with E-state index in [-0.39, 0.29) is 74.3 Å². The molecule has 1 atom stereocenters. The van der Waals surface area contributed by atoms with Gasteiger partial charge in [-0.2, -0.15) is 13.2 Å². The second-order valence-electron chi connectivity index (χ2n) is 15.7. The average molecular weight is 876 g/mol. The smallest absolute Gasteiger partial charge is 0.391 e. The van der Waals surface area contributed by atoms with E-state index in [0.29, 0.717) is 68.2 Å². The Labute approximate surface area is 363 Å². The summed E-state index contributed by atoms with van der Waals surface area (Å²) in [5.41, 5.74) is 3.28. The highest BCUT2D eigenvalue weighted by Crippen LogP contribution is 2.40. The molecule has 14 nitrogen and oxygen atoms in total. The summed E-state index contributed by atoms with van der Waals surface area (Å²) in [4.78, 5) is 71.3. The van der Waals surface area contributed by atoms with Crippen molar-refractivity contribution in [2.24, 2.45) is 11.8 Å². The molecule has 1 saturated heterocycles. The number of carbonyl (C=O) groups excluding carboxylic acids is 5. The van der Waals surface area contributed by atoms with E-state index < -0.39 is 41.8 Å². The van der Waals surface area contributed by atoms with Crippen LogP contribution in [0.2, 0.25) is 0 Å². The van der Waals surface area contributed by atoms with E-state index >= 15 is 0 Å². The molecule has 2 N–H and O–H groups in total. The number of likely N-dealkylation sites (N-methyl/N-ethyl adjacent to an activating group) is 1. The van der Waals surface area contributed by atoms with Crippen molar-refractivity contribution in [3.8, 4) is 11.5 Å². The van der Waals surface area contributed by atoms with Gasteiger partial charge >= 0.3 is 6.18 Å². The van der Waals surface area contributed by atoms with Crippen molar-refractivity contribution >= 4 is 35.6 Å². The monoisotopic (exact) mass is 875 g/mol. The Morgan fingerprint density at radius 2 is 1.65 bits per heavy atom. The predicted molar refractivity (Wildman–Crippen MR) is 225 cm³/mol. The van der Waals surface area contributed by atoms with Crippen LogP contribution in [0.15, 0.2) is 73.1 Å². The maximum Gasteiger partial charge on any atom is 0.391 e. The number of halogens is 3. The fourth-order valence-corrected chi connectivity index (χ4v) is 7.68. The molecule has 2 aliphatic heterocycles. The summed E-state index contributed by atoms with van der Waals surface area (Å²) >= 11 is 0. The van der Waals surface area contributed by atoms with Crippen LogP contribution in [0, 0.1) is 11.8 Å². The van der Waals surface area contributed by atoms with E-state index in [1.807, 2.05) is 30.3 Å². The molecule has 17 heteroatoms. The summed E-state index contributed by atoms with van der Waals surface area (Å²) in [6, 6.07) is 12.7. The number of allylic oxidation sites excluding steroid dienone is 2. The Morgan fingerprint density at radius 3 is 2.38 bits per heavy atom. The normalized spacial score (nSPS) is 18.9. The van der Waals surface area contributed by atoms with E-state index in [1.165, 1.54) is 25.4 Å². The number of pyridine rings is 1. The molecule has 1 aromatic heterocycles. The molecule has 0 bridgehead atoms. The first-order valence-electron chi connectivity index (χ1n) is 20.9. The third-order valence-electron chi connectivity index (χ3n) is 11.3. The molecule has 2 aromatic carbocycles. The first-order chi connectivity index (χ1) is 30.2. The third kappa shape index (κ3) is 12.3. The molecule has 1 unspecified atom stereocenters. The summed E-state index contributed by atoms with van der Waals surface area (Å²) in [5.74, 6) is -2.43. The van der Waals surface area contributed by atoms with Gasteiger partial charge in [-0.15, -0.1) is 0 Å². The Balaban J connectivity index is 0.853. The fraction of sp³-hybridized carbons (Fsp3) is 0.435. The lowest BCUT2D eigenvalue weighted by Gasteiger charge is -2.29. The molecule has 0 radical (unpaired) electrons. The van der Waals surface area contributed by atoms with Gasteiger partial charge in [0.25, 0.3) is 17.7 Å². The molecular weight excluding hydrogens is 824 g/mol. The predicted octanol–water partition coefficient (Wildman–Crippen LogP) is 5.90. The number of hydrogen-bond acceptors (Lipinski definition) is 10. The zero-order valence-electron chi connectivity index (χ0n) is 35.3. The van der Waals surface area contributed by atoms with E-state index in [0.717, 1.165) is 16.0 Å². The lowest BCUT2D eigenvalue weighted by atomic mass is 9.81. The highest BCUT2D eigenvalue weighted by molar-refractivity contribution is 6.23. The lowest BCUT2D eigenvalue weighted by molar-refractivity contribution is -0.183. The van der Waals surface area contributed by atoms with E-state index in [2.05, 4.69) is 22.2 Å². The van der Waals surface area contributed by atoms with Crippen LogP contribution >= 0.6 is 0 Å². The summed E-state index contributed by atoms with van der Waals surface area (Å²) in [7, 11) is 3.17. The minimum absolute atomic E-state index is 0.00309. The largest absolute Gasteiger partial charge is 0.495 e. The highest BCUT2D eigenvalue weighted by atomic mass is 19.4. The van der Waals surface area contributed by atoms with Crippen LogP contribution in [0.5, 0.6) is 11.5 Å². The van der Waals surface area contributed by atoms with Crippen LogP contribution in [0.1, 0.15) is 86.4 Å². The van der Waals surface area contributed by atoms with Crippen molar-refractivity contribution < 1.29 is 56.1 Å². The van der Waals surface area contributed by atoms with E-state index in [9.17, 15) is 37.1 Å². The van der Waals surface area contributed by atoms with Gasteiger partial charge in [0.1, 0.15) is 29.8 Å². The molecule has 63 heavy (non-hydrogen) atoms. The number of carbonyl (C=O) groups is 5. The van der Waals surface area contributed by atoms with Gasteiger partial charge < -0.3 is 34.5 Å². The molecule has 3 aromatic rings. The minimum atomic E-state index is -4.16.